The van der Waals surface area contributed by atoms with Gasteiger partial charge in [-0.1, -0.05) is 20.3 Å². The molecule has 1 saturated heterocycles. The van der Waals surface area contributed by atoms with Crippen molar-refractivity contribution in [1.82, 2.24) is 15.0 Å². The molecule has 2 heterocycles. The van der Waals surface area contributed by atoms with Crippen molar-refractivity contribution < 1.29 is 0 Å². The fourth-order valence-electron chi connectivity index (χ4n) is 2.91. The number of hydrazine groups is 2. The number of nitrogens with one attached hydrogen (secondary N) is 2. The predicted octanol–water partition coefficient (Wildman–Crippen LogP) is 2.48. The molecule has 1 fully saturated rings. The lowest BCUT2D eigenvalue weighted by atomic mass is 9.99. The van der Waals surface area contributed by atoms with E-state index in [2.05, 4.69) is 53.5 Å². The summed E-state index contributed by atoms with van der Waals surface area (Å²) in [7, 11) is 0. The third-order valence-corrected chi connectivity index (χ3v) is 4.03. The van der Waals surface area contributed by atoms with Crippen LogP contribution in [0.25, 0.3) is 0 Å². The van der Waals surface area contributed by atoms with Gasteiger partial charge >= 0.3 is 0 Å². The summed E-state index contributed by atoms with van der Waals surface area (Å²) >= 11 is 0. The van der Waals surface area contributed by atoms with Crippen molar-refractivity contribution in [3.05, 3.63) is 11.9 Å². The molecule has 6 nitrogen and oxygen atoms in total. The van der Waals surface area contributed by atoms with Gasteiger partial charge in [0.15, 0.2) is 0 Å². The Morgan fingerprint density at radius 3 is 2.35 bits per heavy atom. The number of rotatable bonds is 4. The monoisotopic (exact) mass is 278 g/mol. The van der Waals surface area contributed by atoms with Gasteiger partial charge < -0.3 is 10.9 Å². The minimum atomic E-state index is 0.292. The molecule has 20 heavy (non-hydrogen) atoms. The average Bonchev–Trinajstić information content (AvgIpc) is 2.42. The van der Waals surface area contributed by atoms with E-state index in [-0.39, 0.29) is 0 Å². The fraction of sp³-hybridized carbons (Fsp3) is 0.714. The molecule has 1 aliphatic heterocycles. The van der Waals surface area contributed by atoms with Gasteiger partial charge in [0.05, 0.1) is 0 Å². The summed E-state index contributed by atoms with van der Waals surface area (Å²) in [6.07, 6.45) is 5.25. The second kappa shape index (κ2) is 6.37. The molecule has 0 amide bonds. The topological polar surface area (TPSA) is 79.1 Å². The maximum absolute atomic E-state index is 5.56. The Balaban J connectivity index is 2.28. The largest absolute Gasteiger partial charge is 0.308 e. The molecule has 0 bridgehead atoms. The highest BCUT2D eigenvalue weighted by Gasteiger charge is 2.26. The normalized spacial score (nSPS) is 23.9. The Morgan fingerprint density at radius 2 is 1.80 bits per heavy atom. The first-order chi connectivity index (χ1) is 9.54. The van der Waals surface area contributed by atoms with Crippen molar-refractivity contribution >= 4 is 11.6 Å². The number of hydrogen-bond donors (Lipinski definition) is 3. The molecule has 2 unspecified atom stereocenters. The molecule has 0 saturated carbocycles. The van der Waals surface area contributed by atoms with Crippen LogP contribution in [0.5, 0.6) is 0 Å². The van der Waals surface area contributed by atoms with Gasteiger partial charge in [0.2, 0.25) is 0 Å². The van der Waals surface area contributed by atoms with Crippen LogP contribution in [0.3, 0.4) is 0 Å². The first-order valence-corrected chi connectivity index (χ1v) is 7.41. The Labute approximate surface area is 121 Å². The summed E-state index contributed by atoms with van der Waals surface area (Å²) < 4.78 is 0. The van der Waals surface area contributed by atoms with Crippen molar-refractivity contribution in [3.63, 3.8) is 0 Å². The summed E-state index contributed by atoms with van der Waals surface area (Å²) in [6, 6.07) is 1.01. The zero-order chi connectivity index (χ0) is 14.7. The van der Waals surface area contributed by atoms with Crippen molar-refractivity contribution in [1.29, 1.82) is 0 Å². The van der Waals surface area contributed by atoms with E-state index in [1.807, 2.05) is 0 Å². The van der Waals surface area contributed by atoms with Gasteiger partial charge in [-0.3, -0.25) is 0 Å². The number of piperidine rings is 1. The zero-order valence-corrected chi connectivity index (χ0v) is 12.8. The highest BCUT2D eigenvalue weighted by Crippen LogP contribution is 2.30. The van der Waals surface area contributed by atoms with Gasteiger partial charge in [0.25, 0.3) is 0 Å². The van der Waals surface area contributed by atoms with Gasteiger partial charge in [-0.15, -0.1) is 0 Å². The van der Waals surface area contributed by atoms with E-state index in [0.29, 0.717) is 23.8 Å². The molecule has 2 atom stereocenters. The summed E-state index contributed by atoms with van der Waals surface area (Å²) in [5.41, 5.74) is 7.19. The Hall–Kier alpha value is -1.40. The van der Waals surface area contributed by atoms with Crippen molar-refractivity contribution in [2.45, 2.75) is 65.0 Å². The first kappa shape index (κ1) is 15.0. The Kier molecular flexibility index (Phi) is 4.77. The van der Waals surface area contributed by atoms with E-state index >= 15 is 0 Å². The molecule has 0 spiro atoms. The highest BCUT2D eigenvalue weighted by atomic mass is 15.5. The van der Waals surface area contributed by atoms with Gasteiger partial charge in [-0.05, 0) is 32.6 Å². The number of aromatic nitrogens is 2. The molecule has 1 aromatic heterocycles. The van der Waals surface area contributed by atoms with Crippen LogP contribution in [0.1, 0.15) is 58.4 Å². The van der Waals surface area contributed by atoms with E-state index in [9.17, 15) is 0 Å². The number of nitrogens with two attached hydrogens (primary N) is 1. The lowest BCUT2D eigenvalue weighted by Crippen LogP contribution is -2.47. The van der Waals surface area contributed by atoms with Crippen LogP contribution in [0.4, 0.5) is 11.6 Å². The van der Waals surface area contributed by atoms with E-state index in [4.69, 9.17) is 5.84 Å². The Bertz CT molecular complexity index is 437. The molecule has 2 rings (SSSR count). The molecule has 4 N–H and O–H groups in total. The summed E-state index contributed by atoms with van der Waals surface area (Å²) in [4.78, 5) is 8.62. The SMILES string of the molecule is CC(C)c1c(NN)ncnc1NN1C(C)CCCC1C. The highest BCUT2D eigenvalue weighted by molar-refractivity contribution is 5.58. The third kappa shape index (κ3) is 3.02. The molecule has 1 aliphatic rings. The molecule has 0 radical (unpaired) electrons. The van der Waals surface area contributed by atoms with E-state index in [1.165, 1.54) is 19.3 Å². The average molecular weight is 278 g/mol. The second-order valence-electron chi connectivity index (χ2n) is 5.93. The summed E-state index contributed by atoms with van der Waals surface area (Å²) in [5.74, 6) is 7.40. The quantitative estimate of drug-likeness (QED) is 0.580. The molecule has 0 aliphatic carbocycles. The van der Waals surface area contributed by atoms with Crippen LogP contribution in [-0.4, -0.2) is 27.1 Å². The van der Waals surface area contributed by atoms with Crippen molar-refractivity contribution in [3.8, 4) is 0 Å². The van der Waals surface area contributed by atoms with Crippen LogP contribution >= 0.6 is 0 Å². The predicted molar refractivity (Wildman–Crippen MR) is 82.2 cm³/mol. The standard InChI is InChI=1S/C14H26N6/c1-9(2)12-13(18-15)16-8-17-14(12)19-20-10(3)6-5-7-11(20)4/h8-11H,5-7,15H2,1-4H3,(H2,16,17,18,19). The summed E-state index contributed by atoms with van der Waals surface area (Å²) in [5, 5.41) is 2.30. The van der Waals surface area contributed by atoms with Crippen LogP contribution in [-0.2, 0) is 0 Å². The van der Waals surface area contributed by atoms with Crippen LogP contribution < -0.4 is 16.7 Å². The number of nitrogen functional groups attached to an aromatic ring is 1. The van der Waals surface area contributed by atoms with Crippen molar-refractivity contribution in [2.24, 2.45) is 5.84 Å². The smallest absolute Gasteiger partial charge is 0.149 e. The number of anilines is 2. The molecular formula is C14H26N6. The maximum atomic E-state index is 5.56. The van der Waals surface area contributed by atoms with Gasteiger partial charge in [0, 0.05) is 17.6 Å². The lowest BCUT2D eigenvalue weighted by Gasteiger charge is -2.39. The molecular weight excluding hydrogens is 252 g/mol. The van der Waals surface area contributed by atoms with Crippen LogP contribution in [0.15, 0.2) is 6.33 Å². The van der Waals surface area contributed by atoms with E-state index < -0.39 is 0 Å². The zero-order valence-electron chi connectivity index (χ0n) is 12.8. The van der Waals surface area contributed by atoms with Crippen LogP contribution in [0.2, 0.25) is 0 Å². The van der Waals surface area contributed by atoms with Crippen molar-refractivity contribution in [2.75, 3.05) is 10.9 Å². The third-order valence-electron chi connectivity index (χ3n) is 4.03. The fourth-order valence-corrected chi connectivity index (χ4v) is 2.91. The second-order valence-corrected chi connectivity index (χ2v) is 5.93. The van der Waals surface area contributed by atoms with Gasteiger partial charge in [-0.2, -0.15) is 0 Å². The number of hydrogen-bond acceptors (Lipinski definition) is 6. The summed E-state index contributed by atoms with van der Waals surface area (Å²) in [6.45, 7) is 8.74. The van der Waals surface area contributed by atoms with Crippen LogP contribution in [0, 0.1) is 0 Å². The number of nitrogens with zero attached hydrogens (tertiary/aromatic N) is 3. The lowest BCUT2D eigenvalue weighted by molar-refractivity contribution is 0.135. The van der Waals surface area contributed by atoms with Gasteiger partial charge in [0.1, 0.15) is 18.0 Å². The maximum Gasteiger partial charge on any atom is 0.149 e. The minimum Gasteiger partial charge on any atom is -0.308 e. The molecule has 112 valence electrons. The Morgan fingerprint density at radius 1 is 1.20 bits per heavy atom. The minimum absolute atomic E-state index is 0.292. The molecule has 1 aromatic rings. The first-order valence-electron chi connectivity index (χ1n) is 7.41. The molecule has 0 aromatic carbocycles. The molecule has 6 heteroatoms. The van der Waals surface area contributed by atoms with E-state index in [0.717, 1.165) is 11.4 Å². The van der Waals surface area contributed by atoms with Gasteiger partial charge in [-0.25, -0.2) is 20.8 Å². The van der Waals surface area contributed by atoms with E-state index in [1.54, 1.807) is 6.33 Å².